The molecule has 3 N–H and O–H groups in total. The van der Waals surface area contributed by atoms with Gasteiger partial charge in [0.15, 0.2) is 5.78 Å². The fourth-order valence-electron chi connectivity index (χ4n) is 5.35. The number of sulfonamides is 1. The van der Waals surface area contributed by atoms with E-state index in [1.165, 1.54) is 0 Å². The van der Waals surface area contributed by atoms with Crippen molar-refractivity contribution in [2.45, 2.75) is 78.1 Å². The van der Waals surface area contributed by atoms with Gasteiger partial charge in [-0.2, -0.15) is 0 Å². The van der Waals surface area contributed by atoms with Gasteiger partial charge in [-0.25, -0.2) is 8.42 Å². The van der Waals surface area contributed by atoms with Crippen LogP contribution >= 0.6 is 0 Å². The van der Waals surface area contributed by atoms with Crippen molar-refractivity contribution in [3.63, 3.8) is 0 Å². The largest absolute Gasteiger partial charge is 0.507 e. The zero-order chi connectivity index (χ0) is 28.6. The molecule has 8 heteroatoms. The van der Waals surface area contributed by atoms with Crippen LogP contribution < -0.4 is 4.72 Å². The summed E-state index contributed by atoms with van der Waals surface area (Å²) in [5.41, 5.74) is 2.51. The molecule has 0 aromatic heterocycles. The average Bonchev–Trinajstić information content (AvgIpc) is 3.06. The molecule has 38 heavy (non-hydrogen) atoms. The number of nitrogens with zero attached hydrogens (tertiary/aromatic N) is 1. The van der Waals surface area contributed by atoms with Crippen LogP contribution in [0, 0.1) is 11.3 Å². The first-order valence-electron chi connectivity index (χ1n) is 13.2. The zero-order valence-corrected chi connectivity index (χ0v) is 24.8. The molecule has 2 aromatic carbocycles. The minimum atomic E-state index is -3.49. The third kappa shape index (κ3) is 6.57. The molecule has 0 spiro atoms. The number of ketones is 1. The molecular weight excluding hydrogens is 498 g/mol. The number of phenols is 1. The monoisotopic (exact) mass is 541 g/mol. The van der Waals surface area contributed by atoms with Gasteiger partial charge in [0.1, 0.15) is 11.6 Å². The predicted molar refractivity (Wildman–Crippen MR) is 155 cm³/mol. The number of hydrogen-bond donors (Lipinski definition) is 3. The second-order valence-electron chi connectivity index (χ2n) is 12.6. The fraction of sp³-hybridized carbons (Fsp3) is 0.533. The number of benzene rings is 2. The summed E-state index contributed by atoms with van der Waals surface area (Å²) in [6.45, 7) is 14.8. The van der Waals surface area contributed by atoms with Crippen LogP contribution in [-0.2, 0) is 20.9 Å². The van der Waals surface area contributed by atoms with Crippen molar-refractivity contribution in [2.75, 3.05) is 24.1 Å². The molecule has 0 radical (unpaired) electrons. The van der Waals surface area contributed by atoms with Crippen LogP contribution in [0.5, 0.6) is 5.75 Å². The van der Waals surface area contributed by atoms with E-state index < -0.39 is 10.0 Å². The van der Waals surface area contributed by atoms with Crippen molar-refractivity contribution >= 4 is 27.3 Å². The number of nitrogens with one attached hydrogen (secondary N) is 2. The number of likely N-dealkylation sites (tertiary alicyclic amines) is 1. The Bertz CT molecular complexity index is 1280. The van der Waals surface area contributed by atoms with E-state index in [2.05, 4.69) is 11.6 Å². The highest BCUT2D eigenvalue weighted by molar-refractivity contribution is 7.92. The van der Waals surface area contributed by atoms with Gasteiger partial charge in [0, 0.05) is 29.2 Å². The van der Waals surface area contributed by atoms with E-state index in [0.29, 0.717) is 23.6 Å². The maximum Gasteiger partial charge on any atom is 0.229 e. The van der Waals surface area contributed by atoms with Gasteiger partial charge in [-0.3, -0.25) is 14.9 Å². The Hall–Kier alpha value is -2.87. The fourth-order valence-corrected chi connectivity index (χ4v) is 5.94. The smallest absolute Gasteiger partial charge is 0.229 e. The van der Waals surface area contributed by atoms with Gasteiger partial charge in [0.05, 0.1) is 18.5 Å². The van der Waals surface area contributed by atoms with Crippen LogP contribution in [0.25, 0.3) is 0 Å². The van der Waals surface area contributed by atoms with Gasteiger partial charge in [0.25, 0.3) is 0 Å². The van der Waals surface area contributed by atoms with E-state index >= 15 is 0 Å². The summed E-state index contributed by atoms with van der Waals surface area (Å²) in [6.07, 6.45) is 2.89. The highest BCUT2D eigenvalue weighted by Gasteiger charge is 2.40. The molecule has 2 atom stereocenters. The molecule has 2 unspecified atom stereocenters. The predicted octanol–water partition coefficient (Wildman–Crippen LogP) is 6.03. The van der Waals surface area contributed by atoms with Crippen LogP contribution in [-0.4, -0.2) is 49.4 Å². The number of aromatic hydroxyl groups is 1. The summed E-state index contributed by atoms with van der Waals surface area (Å²) in [5.74, 6) is 0.212. The number of hydrogen-bond acceptors (Lipinski definition) is 5. The van der Waals surface area contributed by atoms with E-state index in [1.807, 2.05) is 58.6 Å². The lowest BCUT2D eigenvalue weighted by atomic mass is 9.78. The van der Waals surface area contributed by atoms with Crippen molar-refractivity contribution in [2.24, 2.45) is 5.92 Å². The van der Waals surface area contributed by atoms with E-state index in [1.54, 1.807) is 24.3 Å². The number of amidine groups is 1. The Labute approximate surface area is 228 Å². The van der Waals surface area contributed by atoms with Gasteiger partial charge in [-0.1, -0.05) is 73.1 Å². The van der Waals surface area contributed by atoms with Gasteiger partial charge in [0.2, 0.25) is 10.0 Å². The minimum absolute atomic E-state index is 0.0508. The third-order valence-corrected chi connectivity index (χ3v) is 7.79. The second kappa shape index (κ2) is 10.7. The molecule has 2 aromatic rings. The Kier molecular flexibility index (Phi) is 8.37. The number of Topliss-reactive ketones (excluding diaryl/α,β-unsaturated/α-hetero) is 1. The van der Waals surface area contributed by atoms with Crippen molar-refractivity contribution in [1.82, 2.24) is 4.90 Å². The molecule has 0 saturated carbocycles. The number of rotatable bonds is 8. The minimum Gasteiger partial charge on any atom is -0.507 e. The van der Waals surface area contributed by atoms with Gasteiger partial charge >= 0.3 is 0 Å². The summed E-state index contributed by atoms with van der Waals surface area (Å²) in [4.78, 5) is 15.5. The van der Waals surface area contributed by atoms with Gasteiger partial charge in [-0.05, 0) is 46.9 Å². The van der Waals surface area contributed by atoms with Crippen molar-refractivity contribution in [3.8, 4) is 5.75 Å². The normalized spacial score (nSPS) is 18.6. The van der Waals surface area contributed by atoms with E-state index in [-0.39, 0.29) is 40.7 Å². The maximum absolute atomic E-state index is 13.7. The Balaban J connectivity index is 1.98. The molecule has 1 fully saturated rings. The van der Waals surface area contributed by atoms with Crippen molar-refractivity contribution in [3.05, 3.63) is 58.7 Å². The number of phenolic OH excluding ortho intramolecular Hbond substituents is 1. The average molecular weight is 542 g/mol. The first kappa shape index (κ1) is 29.7. The molecule has 3 rings (SSSR count). The second-order valence-corrected chi connectivity index (χ2v) is 14.3. The molecule has 1 aliphatic heterocycles. The van der Waals surface area contributed by atoms with Crippen LogP contribution in [0.1, 0.15) is 94.3 Å². The number of carbonyl (C=O) groups is 1. The van der Waals surface area contributed by atoms with Crippen molar-refractivity contribution in [1.29, 1.82) is 5.41 Å². The summed E-state index contributed by atoms with van der Waals surface area (Å²) in [6, 6.07) is 10.8. The number of para-hydroxylation sites is 1. The molecule has 1 saturated heterocycles. The molecule has 7 nitrogen and oxygen atoms in total. The van der Waals surface area contributed by atoms with E-state index in [0.717, 1.165) is 35.8 Å². The summed E-state index contributed by atoms with van der Waals surface area (Å²) in [7, 11) is -3.49. The third-order valence-electron chi connectivity index (χ3n) is 7.19. The van der Waals surface area contributed by atoms with Gasteiger partial charge in [-0.15, -0.1) is 0 Å². The summed E-state index contributed by atoms with van der Waals surface area (Å²) < 4.78 is 26.6. The lowest BCUT2D eigenvalue weighted by Crippen LogP contribution is -2.32. The maximum atomic E-state index is 13.7. The van der Waals surface area contributed by atoms with Crippen LogP contribution in [0.3, 0.4) is 0 Å². The Morgan fingerprint density at radius 3 is 2.13 bits per heavy atom. The lowest BCUT2D eigenvalue weighted by Gasteiger charge is -2.28. The highest BCUT2D eigenvalue weighted by Crippen LogP contribution is 2.42. The molecule has 208 valence electrons. The first-order valence-corrected chi connectivity index (χ1v) is 15.1. The van der Waals surface area contributed by atoms with Gasteiger partial charge < -0.3 is 10.0 Å². The lowest BCUT2D eigenvalue weighted by molar-refractivity contribution is 0.0963. The summed E-state index contributed by atoms with van der Waals surface area (Å²) >= 11 is 0. The molecule has 1 aliphatic rings. The quantitative estimate of drug-likeness (QED) is 0.353. The zero-order valence-electron chi connectivity index (χ0n) is 24.0. The molecule has 0 aliphatic carbocycles. The van der Waals surface area contributed by atoms with E-state index in [9.17, 15) is 18.3 Å². The SMILES string of the molecule is CCCC1CN(CC(=O)c2cc(C(C)(C)C)c(O)c(C(C)(C)C)c2)C(=N)C1c1ccccc1NS(C)(=O)=O. The van der Waals surface area contributed by atoms with Crippen LogP contribution in [0.4, 0.5) is 5.69 Å². The van der Waals surface area contributed by atoms with Crippen LogP contribution in [0.2, 0.25) is 0 Å². The summed E-state index contributed by atoms with van der Waals surface area (Å²) in [5, 5.41) is 20.1. The molecule has 0 amide bonds. The first-order chi connectivity index (χ1) is 17.4. The Morgan fingerprint density at radius 2 is 1.63 bits per heavy atom. The number of carbonyl (C=O) groups excluding carboxylic acids is 1. The van der Waals surface area contributed by atoms with Crippen LogP contribution in [0.15, 0.2) is 36.4 Å². The topological polar surface area (TPSA) is 111 Å². The Morgan fingerprint density at radius 1 is 1.08 bits per heavy atom. The highest BCUT2D eigenvalue weighted by atomic mass is 32.2. The number of anilines is 1. The molecular formula is C30H43N3O4S. The standard InChI is InChI=1S/C30H43N3O4S/c1-9-12-19-17-33(28(31)26(19)21-13-10-11-14-24(21)32-38(8,36)37)18-25(34)20-15-22(29(2,3)4)27(35)23(16-20)30(5,6)7/h10-11,13-16,19,26,31-32,35H,9,12,17-18H2,1-8H3. The molecule has 1 heterocycles. The van der Waals surface area contributed by atoms with Crippen molar-refractivity contribution < 1.29 is 18.3 Å². The van der Waals surface area contributed by atoms with E-state index in [4.69, 9.17) is 5.41 Å². The molecule has 0 bridgehead atoms.